The highest BCUT2D eigenvalue weighted by molar-refractivity contribution is 9.10. The molecule has 2 rings (SSSR count). The van der Waals surface area contributed by atoms with E-state index in [2.05, 4.69) is 15.9 Å². The number of sulfonamides is 1. The third kappa shape index (κ3) is 3.15. The molecule has 0 unspecified atom stereocenters. The average Bonchev–Trinajstić information content (AvgIpc) is 3.13. The molecule has 0 aliphatic heterocycles. The van der Waals surface area contributed by atoms with Gasteiger partial charge in [0.1, 0.15) is 5.82 Å². The molecular formula is C13H18BrFN2O2S. The maximum Gasteiger partial charge on any atom is 0.244 e. The molecular weight excluding hydrogens is 347 g/mol. The maximum atomic E-state index is 13.4. The smallest absolute Gasteiger partial charge is 0.244 e. The van der Waals surface area contributed by atoms with Crippen LogP contribution in [0.3, 0.4) is 0 Å². The van der Waals surface area contributed by atoms with Crippen LogP contribution in [0.5, 0.6) is 0 Å². The summed E-state index contributed by atoms with van der Waals surface area (Å²) in [5, 5.41) is 0. The minimum atomic E-state index is -3.69. The Balaban J connectivity index is 2.44. The summed E-state index contributed by atoms with van der Waals surface area (Å²) in [6, 6.07) is 2.12. The highest BCUT2D eigenvalue weighted by atomic mass is 79.9. The molecule has 0 amide bonds. The van der Waals surface area contributed by atoms with Gasteiger partial charge in [-0.05, 0) is 60.7 Å². The van der Waals surface area contributed by atoms with Crippen molar-refractivity contribution < 1.29 is 12.8 Å². The summed E-state index contributed by atoms with van der Waals surface area (Å²) in [5.41, 5.74) is 5.33. The Hall–Kier alpha value is -0.660. The van der Waals surface area contributed by atoms with Gasteiger partial charge in [-0.25, -0.2) is 12.8 Å². The minimum absolute atomic E-state index is 0.0192. The number of nitrogen functional groups attached to an aromatic ring is 1. The second kappa shape index (κ2) is 5.61. The minimum Gasteiger partial charge on any atom is -0.396 e. The number of anilines is 1. The molecule has 1 saturated carbocycles. The first-order valence-electron chi connectivity index (χ1n) is 6.50. The summed E-state index contributed by atoms with van der Waals surface area (Å²) >= 11 is 3.11. The number of rotatable bonds is 5. The molecule has 1 aromatic carbocycles. The van der Waals surface area contributed by atoms with Crippen LogP contribution < -0.4 is 5.73 Å². The molecule has 1 aliphatic rings. The molecule has 0 atom stereocenters. The fraction of sp³-hybridized carbons (Fsp3) is 0.538. The summed E-state index contributed by atoms with van der Waals surface area (Å²) in [6.07, 6.45) is 2.12. The summed E-state index contributed by atoms with van der Waals surface area (Å²) < 4.78 is 40.5. The van der Waals surface area contributed by atoms with Crippen LogP contribution in [-0.2, 0) is 10.0 Å². The van der Waals surface area contributed by atoms with E-state index in [4.69, 9.17) is 5.73 Å². The number of nitrogens with zero attached hydrogens (tertiary/aromatic N) is 1. The summed E-state index contributed by atoms with van der Waals surface area (Å²) in [7, 11) is -3.69. The van der Waals surface area contributed by atoms with E-state index in [-0.39, 0.29) is 21.1 Å². The van der Waals surface area contributed by atoms with Crippen molar-refractivity contribution in [1.82, 2.24) is 4.31 Å². The molecule has 0 heterocycles. The molecule has 0 bridgehead atoms. The number of hydrogen-bond acceptors (Lipinski definition) is 3. The van der Waals surface area contributed by atoms with Gasteiger partial charge in [0.15, 0.2) is 0 Å². The monoisotopic (exact) mass is 364 g/mol. The average molecular weight is 365 g/mol. The van der Waals surface area contributed by atoms with Gasteiger partial charge in [0.05, 0.1) is 10.6 Å². The number of nitrogens with two attached hydrogens (primary N) is 1. The van der Waals surface area contributed by atoms with E-state index in [1.54, 1.807) is 0 Å². The van der Waals surface area contributed by atoms with E-state index in [1.165, 1.54) is 10.4 Å². The van der Waals surface area contributed by atoms with Gasteiger partial charge in [0.25, 0.3) is 0 Å². The van der Waals surface area contributed by atoms with Crippen molar-refractivity contribution in [2.45, 2.75) is 37.6 Å². The fourth-order valence-corrected chi connectivity index (χ4v) is 4.74. The molecule has 20 heavy (non-hydrogen) atoms. The van der Waals surface area contributed by atoms with Crippen LogP contribution in [-0.4, -0.2) is 25.3 Å². The van der Waals surface area contributed by atoms with Crippen LogP contribution in [0.1, 0.15) is 26.7 Å². The Morgan fingerprint density at radius 1 is 1.45 bits per heavy atom. The van der Waals surface area contributed by atoms with Crippen LogP contribution in [0.2, 0.25) is 0 Å². The van der Waals surface area contributed by atoms with Gasteiger partial charge in [-0.1, -0.05) is 0 Å². The standard InChI is InChI=1S/C13H18BrFN2O2S/c1-8(2)17(7-9-3-4-9)20(18,19)13-6-12(16)11(15)5-10(13)14/h5-6,8-9H,3-4,7,16H2,1-2H3. The Labute approximate surface area is 127 Å². The first kappa shape index (κ1) is 15.7. The van der Waals surface area contributed by atoms with Crippen LogP contribution in [0, 0.1) is 11.7 Å². The lowest BCUT2D eigenvalue weighted by Gasteiger charge is -2.26. The van der Waals surface area contributed by atoms with Crippen molar-refractivity contribution in [2.75, 3.05) is 12.3 Å². The van der Waals surface area contributed by atoms with E-state index >= 15 is 0 Å². The van der Waals surface area contributed by atoms with Gasteiger partial charge in [0.2, 0.25) is 10.0 Å². The van der Waals surface area contributed by atoms with Crippen LogP contribution >= 0.6 is 15.9 Å². The van der Waals surface area contributed by atoms with Crippen molar-refractivity contribution >= 4 is 31.6 Å². The van der Waals surface area contributed by atoms with Gasteiger partial charge in [-0.2, -0.15) is 4.31 Å². The zero-order valence-corrected chi connectivity index (χ0v) is 13.8. The van der Waals surface area contributed by atoms with Gasteiger partial charge in [-0.3, -0.25) is 0 Å². The van der Waals surface area contributed by atoms with E-state index in [1.807, 2.05) is 13.8 Å². The Bertz CT molecular complexity index is 615. The predicted octanol–water partition coefficient (Wildman–Crippen LogP) is 2.98. The van der Waals surface area contributed by atoms with Gasteiger partial charge >= 0.3 is 0 Å². The molecule has 1 aliphatic carbocycles. The normalized spacial score (nSPS) is 16.1. The van der Waals surface area contributed by atoms with E-state index in [0.29, 0.717) is 12.5 Å². The SMILES string of the molecule is CC(C)N(CC1CC1)S(=O)(=O)c1cc(N)c(F)cc1Br. The van der Waals surface area contributed by atoms with E-state index < -0.39 is 15.8 Å². The lowest BCUT2D eigenvalue weighted by Crippen LogP contribution is -2.38. The quantitative estimate of drug-likeness (QED) is 0.816. The van der Waals surface area contributed by atoms with E-state index in [0.717, 1.165) is 18.9 Å². The molecule has 4 nitrogen and oxygen atoms in total. The van der Waals surface area contributed by atoms with Crippen LogP contribution in [0.25, 0.3) is 0 Å². The summed E-state index contributed by atoms with van der Waals surface area (Å²) in [5.74, 6) is -0.196. The lowest BCUT2D eigenvalue weighted by atomic mass is 10.3. The van der Waals surface area contributed by atoms with Crippen molar-refractivity contribution in [3.05, 3.63) is 22.4 Å². The second-order valence-corrected chi connectivity index (χ2v) is 8.13. The van der Waals surface area contributed by atoms with Gasteiger partial charge in [-0.15, -0.1) is 0 Å². The summed E-state index contributed by atoms with van der Waals surface area (Å²) in [4.78, 5) is 0.0192. The third-order valence-corrected chi connectivity index (χ3v) is 6.35. The zero-order valence-electron chi connectivity index (χ0n) is 11.4. The highest BCUT2D eigenvalue weighted by Crippen LogP contribution is 2.35. The zero-order chi connectivity index (χ0) is 15.1. The Morgan fingerprint density at radius 3 is 2.55 bits per heavy atom. The first-order chi connectivity index (χ1) is 9.23. The highest BCUT2D eigenvalue weighted by Gasteiger charge is 2.34. The molecule has 7 heteroatoms. The van der Waals surface area contributed by atoms with Crippen molar-refractivity contribution in [2.24, 2.45) is 5.92 Å². The maximum absolute atomic E-state index is 13.4. The molecule has 0 radical (unpaired) electrons. The molecule has 1 fully saturated rings. The molecule has 1 aromatic rings. The molecule has 112 valence electrons. The Morgan fingerprint density at radius 2 is 2.05 bits per heavy atom. The van der Waals surface area contributed by atoms with Crippen molar-refractivity contribution in [3.63, 3.8) is 0 Å². The fourth-order valence-electron chi connectivity index (χ4n) is 2.01. The van der Waals surface area contributed by atoms with Gasteiger partial charge < -0.3 is 5.73 Å². The summed E-state index contributed by atoms with van der Waals surface area (Å²) in [6.45, 7) is 4.17. The second-order valence-electron chi connectivity index (χ2n) is 5.42. The lowest BCUT2D eigenvalue weighted by molar-refractivity contribution is 0.341. The number of hydrogen-bond donors (Lipinski definition) is 1. The van der Waals surface area contributed by atoms with E-state index in [9.17, 15) is 12.8 Å². The largest absolute Gasteiger partial charge is 0.396 e. The number of halogens is 2. The molecule has 0 aromatic heterocycles. The number of benzene rings is 1. The van der Waals surface area contributed by atoms with Crippen molar-refractivity contribution in [1.29, 1.82) is 0 Å². The van der Waals surface area contributed by atoms with Crippen molar-refractivity contribution in [3.8, 4) is 0 Å². The third-order valence-electron chi connectivity index (χ3n) is 3.35. The van der Waals surface area contributed by atoms with Crippen LogP contribution in [0.15, 0.2) is 21.5 Å². The van der Waals surface area contributed by atoms with Crippen LogP contribution in [0.4, 0.5) is 10.1 Å². The van der Waals surface area contributed by atoms with Gasteiger partial charge in [0, 0.05) is 17.1 Å². The topological polar surface area (TPSA) is 63.4 Å². The molecule has 2 N–H and O–H groups in total. The molecule has 0 spiro atoms. The Kier molecular flexibility index (Phi) is 4.41. The predicted molar refractivity (Wildman–Crippen MR) is 80.3 cm³/mol. The first-order valence-corrected chi connectivity index (χ1v) is 8.73. The molecule has 0 saturated heterocycles.